The number of hydrogen-bond donors (Lipinski definition) is 2. The lowest BCUT2D eigenvalue weighted by Crippen LogP contribution is -2.30. The monoisotopic (exact) mass is 328 g/mol. The van der Waals surface area contributed by atoms with Gasteiger partial charge in [-0.15, -0.1) is 0 Å². The molecule has 0 spiro atoms. The lowest BCUT2D eigenvalue weighted by molar-refractivity contribution is 0.310. The van der Waals surface area contributed by atoms with Gasteiger partial charge >= 0.3 is 0 Å². The van der Waals surface area contributed by atoms with E-state index in [2.05, 4.69) is 33.4 Å². The van der Waals surface area contributed by atoms with Crippen molar-refractivity contribution >= 4 is 15.9 Å². The summed E-state index contributed by atoms with van der Waals surface area (Å²) < 4.78 is 3.08. The Morgan fingerprint density at radius 3 is 2.84 bits per heavy atom. The van der Waals surface area contributed by atoms with E-state index >= 15 is 0 Å². The standard InChI is InChI=1S/C14H25BrN4/c1-2-19-14(12(15)10-17-19)13(18-16)9-8-11-6-4-3-5-7-11/h10-11,13,18H,2-9,16H2,1H3. The summed E-state index contributed by atoms with van der Waals surface area (Å²) >= 11 is 3.59. The minimum Gasteiger partial charge on any atom is -0.271 e. The number of nitrogens with zero attached hydrogens (tertiary/aromatic N) is 2. The van der Waals surface area contributed by atoms with Crippen molar-refractivity contribution in [1.29, 1.82) is 0 Å². The van der Waals surface area contributed by atoms with Gasteiger partial charge in [0.15, 0.2) is 0 Å². The zero-order valence-electron chi connectivity index (χ0n) is 11.7. The predicted molar refractivity (Wildman–Crippen MR) is 81.5 cm³/mol. The zero-order chi connectivity index (χ0) is 13.7. The normalized spacial score (nSPS) is 18.7. The predicted octanol–water partition coefficient (Wildman–Crippen LogP) is 3.53. The molecule has 1 atom stereocenters. The Bertz CT molecular complexity index is 385. The molecule has 1 aromatic rings. The van der Waals surface area contributed by atoms with Crippen molar-refractivity contribution in [2.24, 2.45) is 11.8 Å². The number of aryl methyl sites for hydroxylation is 1. The second-order valence-corrected chi connectivity index (χ2v) is 6.35. The van der Waals surface area contributed by atoms with Gasteiger partial charge < -0.3 is 0 Å². The fraction of sp³-hybridized carbons (Fsp3) is 0.786. The van der Waals surface area contributed by atoms with Crippen LogP contribution in [0, 0.1) is 5.92 Å². The number of aromatic nitrogens is 2. The molecule has 0 aromatic carbocycles. The fourth-order valence-electron chi connectivity index (χ4n) is 3.15. The van der Waals surface area contributed by atoms with Crippen LogP contribution in [0.25, 0.3) is 0 Å². The van der Waals surface area contributed by atoms with E-state index in [1.54, 1.807) is 0 Å². The van der Waals surface area contributed by atoms with Crippen molar-refractivity contribution in [2.45, 2.75) is 64.5 Å². The largest absolute Gasteiger partial charge is 0.271 e. The second kappa shape index (κ2) is 7.41. The molecule has 1 saturated carbocycles. The second-order valence-electron chi connectivity index (χ2n) is 5.49. The topological polar surface area (TPSA) is 55.9 Å². The molecular formula is C14H25BrN4. The van der Waals surface area contributed by atoms with Gasteiger partial charge in [-0.25, -0.2) is 0 Å². The summed E-state index contributed by atoms with van der Waals surface area (Å²) in [7, 11) is 0. The van der Waals surface area contributed by atoms with Crippen LogP contribution in [0.4, 0.5) is 0 Å². The van der Waals surface area contributed by atoms with Crippen molar-refractivity contribution < 1.29 is 0 Å². The van der Waals surface area contributed by atoms with Crippen LogP contribution >= 0.6 is 15.9 Å². The molecule has 3 N–H and O–H groups in total. The van der Waals surface area contributed by atoms with Gasteiger partial charge in [0.2, 0.25) is 0 Å². The molecule has 4 nitrogen and oxygen atoms in total. The maximum atomic E-state index is 5.76. The Morgan fingerprint density at radius 1 is 1.47 bits per heavy atom. The highest BCUT2D eigenvalue weighted by Gasteiger charge is 2.21. The van der Waals surface area contributed by atoms with E-state index < -0.39 is 0 Å². The van der Waals surface area contributed by atoms with E-state index in [1.807, 2.05) is 10.9 Å². The first-order valence-corrected chi connectivity index (χ1v) is 8.22. The van der Waals surface area contributed by atoms with Crippen LogP contribution in [0.2, 0.25) is 0 Å². The van der Waals surface area contributed by atoms with Crippen molar-refractivity contribution in [2.75, 3.05) is 0 Å². The lowest BCUT2D eigenvalue weighted by atomic mass is 9.85. The minimum atomic E-state index is 0.193. The molecule has 19 heavy (non-hydrogen) atoms. The van der Waals surface area contributed by atoms with E-state index in [-0.39, 0.29) is 6.04 Å². The first-order valence-electron chi connectivity index (χ1n) is 7.43. The fourth-order valence-corrected chi connectivity index (χ4v) is 3.72. The van der Waals surface area contributed by atoms with Crippen LogP contribution in [0.3, 0.4) is 0 Å². The number of nitrogens with one attached hydrogen (secondary N) is 1. The summed E-state index contributed by atoms with van der Waals surface area (Å²) in [6.07, 6.45) is 11.2. The molecule has 0 amide bonds. The van der Waals surface area contributed by atoms with Gasteiger partial charge in [0, 0.05) is 6.54 Å². The molecular weight excluding hydrogens is 304 g/mol. The molecule has 2 rings (SSSR count). The average molecular weight is 329 g/mol. The molecule has 108 valence electrons. The van der Waals surface area contributed by atoms with Gasteiger partial charge in [-0.1, -0.05) is 32.1 Å². The van der Waals surface area contributed by atoms with Crippen LogP contribution in [-0.4, -0.2) is 9.78 Å². The molecule has 1 unspecified atom stereocenters. The Morgan fingerprint density at radius 2 is 2.21 bits per heavy atom. The number of nitrogens with two attached hydrogens (primary N) is 1. The number of hydrogen-bond acceptors (Lipinski definition) is 3. The number of rotatable bonds is 6. The third-order valence-electron chi connectivity index (χ3n) is 4.25. The molecule has 0 radical (unpaired) electrons. The summed E-state index contributed by atoms with van der Waals surface area (Å²) in [6, 6.07) is 0.193. The maximum absolute atomic E-state index is 5.76. The molecule has 1 aliphatic carbocycles. The van der Waals surface area contributed by atoms with E-state index in [0.29, 0.717) is 0 Å². The number of hydrazine groups is 1. The molecule has 0 saturated heterocycles. The van der Waals surface area contributed by atoms with Gasteiger partial charge in [0.25, 0.3) is 0 Å². The van der Waals surface area contributed by atoms with E-state index in [4.69, 9.17) is 5.84 Å². The van der Waals surface area contributed by atoms with Gasteiger partial charge in [-0.05, 0) is 41.6 Å². The third-order valence-corrected chi connectivity index (χ3v) is 4.86. The summed E-state index contributed by atoms with van der Waals surface area (Å²) in [5.74, 6) is 6.65. The maximum Gasteiger partial charge on any atom is 0.0709 e. The van der Waals surface area contributed by atoms with E-state index in [0.717, 1.165) is 23.4 Å². The Balaban J connectivity index is 1.97. The average Bonchev–Trinajstić information content (AvgIpc) is 2.82. The van der Waals surface area contributed by atoms with Gasteiger partial charge in [0.1, 0.15) is 0 Å². The van der Waals surface area contributed by atoms with Crippen LogP contribution in [-0.2, 0) is 6.54 Å². The Kier molecular flexibility index (Phi) is 5.85. The highest BCUT2D eigenvalue weighted by Crippen LogP contribution is 2.32. The molecule has 5 heteroatoms. The zero-order valence-corrected chi connectivity index (χ0v) is 13.3. The first-order chi connectivity index (χ1) is 9.26. The summed E-state index contributed by atoms with van der Waals surface area (Å²) in [4.78, 5) is 0. The van der Waals surface area contributed by atoms with E-state index in [9.17, 15) is 0 Å². The van der Waals surface area contributed by atoms with Crippen LogP contribution in [0.15, 0.2) is 10.7 Å². The molecule has 1 aliphatic rings. The molecule has 1 heterocycles. The van der Waals surface area contributed by atoms with Gasteiger partial charge in [0.05, 0.1) is 22.4 Å². The summed E-state index contributed by atoms with van der Waals surface area (Å²) in [5.41, 5.74) is 4.15. The molecule has 0 bridgehead atoms. The Labute approximate surface area is 124 Å². The van der Waals surface area contributed by atoms with Crippen LogP contribution in [0.5, 0.6) is 0 Å². The SMILES string of the molecule is CCn1ncc(Br)c1C(CCC1CCCCC1)NN. The van der Waals surface area contributed by atoms with Crippen molar-refractivity contribution in [3.8, 4) is 0 Å². The highest BCUT2D eigenvalue weighted by atomic mass is 79.9. The lowest BCUT2D eigenvalue weighted by Gasteiger charge is -2.24. The molecule has 0 aliphatic heterocycles. The summed E-state index contributed by atoms with van der Waals surface area (Å²) in [6.45, 7) is 2.99. The van der Waals surface area contributed by atoms with E-state index in [1.165, 1.54) is 44.2 Å². The van der Waals surface area contributed by atoms with Crippen LogP contribution < -0.4 is 11.3 Å². The van der Waals surface area contributed by atoms with Gasteiger partial charge in [-0.3, -0.25) is 16.0 Å². The molecule has 1 fully saturated rings. The third kappa shape index (κ3) is 3.80. The summed E-state index contributed by atoms with van der Waals surface area (Å²) in [5, 5.41) is 4.37. The smallest absolute Gasteiger partial charge is 0.0709 e. The molecule has 1 aromatic heterocycles. The number of halogens is 1. The van der Waals surface area contributed by atoms with Crippen LogP contribution in [0.1, 0.15) is 63.6 Å². The highest BCUT2D eigenvalue weighted by molar-refractivity contribution is 9.10. The minimum absolute atomic E-state index is 0.193. The quantitative estimate of drug-likeness (QED) is 0.620. The van der Waals surface area contributed by atoms with Gasteiger partial charge in [-0.2, -0.15) is 5.10 Å². The first kappa shape index (κ1) is 15.0. The Hall–Kier alpha value is -0.390. The van der Waals surface area contributed by atoms with Crippen molar-refractivity contribution in [3.05, 3.63) is 16.4 Å². The van der Waals surface area contributed by atoms with Crippen molar-refractivity contribution in [3.63, 3.8) is 0 Å². The van der Waals surface area contributed by atoms with Crippen molar-refractivity contribution in [1.82, 2.24) is 15.2 Å².